The Kier molecular flexibility index (Phi) is 6.00. The molecular formula is C13H19NO4. The van der Waals surface area contributed by atoms with E-state index in [1.165, 1.54) is 0 Å². The van der Waals surface area contributed by atoms with E-state index in [0.717, 1.165) is 12.1 Å². The zero-order valence-electron chi connectivity index (χ0n) is 11.0. The van der Waals surface area contributed by atoms with Gasteiger partial charge in [0.1, 0.15) is 0 Å². The van der Waals surface area contributed by atoms with Crippen molar-refractivity contribution in [2.45, 2.75) is 13.5 Å². The molecule has 0 amide bonds. The van der Waals surface area contributed by atoms with Crippen LogP contribution in [0.25, 0.3) is 0 Å². The molecule has 18 heavy (non-hydrogen) atoms. The second-order valence-corrected chi connectivity index (χ2v) is 3.61. The SMILES string of the molecule is CCOC(=O)COc1ccc(CNC)cc1OC. The topological polar surface area (TPSA) is 56.8 Å². The lowest BCUT2D eigenvalue weighted by molar-refractivity contribution is -0.145. The average Bonchev–Trinajstić information content (AvgIpc) is 2.37. The smallest absolute Gasteiger partial charge is 0.344 e. The molecule has 0 saturated heterocycles. The Morgan fingerprint density at radius 3 is 2.72 bits per heavy atom. The van der Waals surface area contributed by atoms with E-state index in [4.69, 9.17) is 14.2 Å². The monoisotopic (exact) mass is 253 g/mol. The third-order valence-electron chi connectivity index (χ3n) is 2.26. The molecule has 0 aromatic heterocycles. The third-order valence-corrected chi connectivity index (χ3v) is 2.26. The van der Waals surface area contributed by atoms with E-state index >= 15 is 0 Å². The molecule has 0 bridgehead atoms. The van der Waals surface area contributed by atoms with Crippen LogP contribution >= 0.6 is 0 Å². The number of nitrogens with one attached hydrogen (secondary N) is 1. The molecule has 0 fully saturated rings. The maximum atomic E-state index is 11.2. The molecule has 0 spiro atoms. The van der Waals surface area contributed by atoms with Gasteiger partial charge in [-0.3, -0.25) is 0 Å². The van der Waals surface area contributed by atoms with E-state index in [2.05, 4.69) is 5.32 Å². The van der Waals surface area contributed by atoms with Crippen molar-refractivity contribution >= 4 is 5.97 Å². The van der Waals surface area contributed by atoms with Gasteiger partial charge < -0.3 is 19.5 Å². The fourth-order valence-corrected chi connectivity index (χ4v) is 1.48. The number of hydrogen-bond acceptors (Lipinski definition) is 5. The second kappa shape index (κ2) is 7.55. The number of carbonyl (C=O) groups excluding carboxylic acids is 1. The summed E-state index contributed by atoms with van der Waals surface area (Å²) in [4.78, 5) is 11.2. The van der Waals surface area contributed by atoms with Gasteiger partial charge in [-0.25, -0.2) is 4.79 Å². The van der Waals surface area contributed by atoms with Gasteiger partial charge in [0.15, 0.2) is 18.1 Å². The first-order valence-corrected chi connectivity index (χ1v) is 5.81. The third kappa shape index (κ3) is 4.25. The molecule has 1 rings (SSSR count). The number of rotatable bonds is 7. The quantitative estimate of drug-likeness (QED) is 0.743. The van der Waals surface area contributed by atoms with E-state index < -0.39 is 0 Å². The Balaban J connectivity index is 2.67. The second-order valence-electron chi connectivity index (χ2n) is 3.61. The van der Waals surface area contributed by atoms with Crippen molar-refractivity contribution < 1.29 is 19.0 Å². The highest BCUT2D eigenvalue weighted by atomic mass is 16.6. The van der Waals surface area contributed by atoms with Crippen molar-refractivity contribution in [1.82, 2.24) is 5.32 Å². The number of ether oxygens (including phenoxy) is 3. The predicted octanol–water partition coefficient (Wildman–Crippen LogP) is 1.36. The summed E-state index contributed by atoms with van der Waals surface area (Å²) in [6, 6.07) is 5.57. The molecule has 5 nitrogen and oxygen atoms in total. The van der Waals surface area contributed by atoms with Crippen molar-refractivity contribution in [2.75, 3.05) is 27.4 Å². The van der Waals surface area contributed by atoms with E-state index in [1.54, 1.807) is 20.1 Å². The molecule has 0 radical (unpaired) electrons. The highest BCUT2D eigenvalue weighted by molar-refractivity contribution is 5.71. The van der Waals surface area contributed by atoms with Crippen LogP contribution in [-0.2, 0) is 16.1 Å². The summed E-state index contributed by atoms with van der Waals surface area (Å²) in [5.41, 5.74) is 1.08. The van der Waals surface area contributed by atoms with Gasteiger partial charge in [0.2, 0.25) is 0 Å². The molecule has 0 atom stereocenters. The highest BCUT2D eigenvalue weighted by Crippen LogP contribution is 2.27. The van der Waals surface area contributed by atoms with Gasteiger partial charge in [-0.1, -0.05) is 6.07 Å². The number of benzene rings is 1. The Hall–Kier alpha value is -1.75. The van der Waals surface area contributed by atoms with Crippen LogP contribution in [-0.4, -0.2) is 33.3 Å². The number of methoxy groups -OCH3 is 1. The molecule has 1 aromatic carbocycles. The van der Waals surface area contributed by atoms with Crippen LogP contribution in [0.2, 0.25) is 0 Å². The summed E-state index contributed by atoms with van der Waals surface area (Å²) in [6.45, 7) is 2.73. The minimum absolute atomic E-state index is 0.116. The maximum absolute atomic E-state index is 11.2. The first-order chi connectivity index (χ1) is 8.71. The van der Waals surface area contributed by atoms with Gasteiger partial charge in [-0.2, -0.15) is 0 Å². The average molecular weight is 253 g/mol. The van der Waals surface area contributed by atoms with E-state index in [0.29, 0.717) is 18.1 Å². The van der Waals surface area contributed by atoms with Crippen LogP contribution in [0.1, 0.15) is 12.5 Å². The van der Waals surface area contributed by atoms with Crippen LogP contribution < -0.4 is 14.8 Å². The van der Waals surface area contributed by atoms with Crippen LogP contribution in [0.3, 0.4) is 0 Å². The molecule has 0 aliphatic carbocycles. The molecule has 5 heteroatoms. The first kappa shape index (κ1) is 14.3. The minimum atomic E-state index is -0.390. The molecule has 0 heterocycles. The van der Waals surface area contributed by atoms with Crippen molar-refractivity contribution in [3.8, 4) is 11.5 Å². The Morgan fingerprint density at radius 1 is 1.33 bits per heavy atom. The fourth-order valence-electron chi connectivity index (χ4n) is 1.48. The summed E-state index contributed by atoms with van der Waals surface area (Å²) in [5, 5.41) is 3.05. The van der Waals surface area contributed by atoms with Crippen molar-refractivity contribution in [2.24, 2.45) is 0 Å². The van der Waals surface area contributed by atoms with Crippen LogP contribution in [0.5, 0.6) is 11.5 Å². The Bertz CT molecular complexity index is 393. The van der Waals surface area contributed by atoms with Gasteiger partial charge in [0.25, 0.3) is 0 Å². The molecular weight excluding hydrogens is 234 g/mol. The van der Waals surface area contributed by atoms with E-state index in [1.807, 2.05) is 19.2 Å². The van der Waals surface area contributed by atoms with Crippen molar-refractivity contribution in [3.05, 3.63) is 23.8 Å². The van der Waals surface area contributed by atoms with Gasteiger partial charge in [0, 0.05) is 6.54 Å². The fraction of sp³-hybridized carbons (Fsp3) is 0.462. The van der Waals surface area contributed by atoms with Crippen molar-refractivity contribution in [1.29, 1.82) is 0 Å². The zero-order chi connectivity index (χ0) is 13.4. The van der Waals surface area contributed by atoms with Gasteiger partial charge in [-0.05, 0) is 31.7 Å². The van der Waals surface area contributed by atoms with Crippen LogP contribution in [0, 0.1) is 0 Å². The van der Waals surface area contributed by atoms with Crippen molar-refractivity contribution in [3.63, 3.8) is 0 Å². The highest BCUT2D eigenvalue weighted by Gasteiger charge is 2.08. The molecule has 1 aromatic rings. The van der Waals surface area contributed by atoms with Crippen LogP contribution in [0.4, 0.5) is 0 Å². The summed E-state index contributed by atoms with van der Waals surface area (Å²) in [5.74, 6) is 0.747. The van der Waals surface area contributed by atoms with Gasteiger partial charge >= 0.3 is 5.97 Å². The first-order valence-electron chi connectivity index (χ1n) is 5.81. The molecule has 0 saturated carbocycles. The van der Waals surface area contributed by atoms with Gasteiger partial charge in [-0.15, -0.1) is 0 Å². The number of esters is 1. The summed E-state index contributed by atoms with van der Waals surface area (Å²) < 4.78 is 15.4. The molecule has 100 valence electrons. The van der Waals surface area contributed by atoms with Crippen LogP contribution in [0.15, 0.2) is 18.2 Å². The minimum Gasteiger partial charge on any atom is -0.493 e. The van der Waals surface area contributed by atoms with Gasteiger partial charge in [0.05, 0.1) is 13.7 Å². The maximum Gasteiger partial charge on any atom is 0.344 e. The van der Waals surface area contributed by atoms with E-state index in [-0.39, 0.29) is 12.6 Å². The summed E-state index contributed by atoms with van der Waals surface area (Å²) in [7, 11) is 3.44. The summed E-state index contributed by atoms with van der Waals surface area (Å²) >= 11 is 0. The molecule has 1 N–H and O–H groups in total. The lowest BCUT2D eigenvalue weighted by Gasteiger charge is -2.11. The molecule has 0 aliphatic rings. The number of hydrogen-bond donors (Lipinski definition) is 1. The standard InChI is InChI=1S/C13H19NO4/c1-4-17-13(15)9-18-11-6-5-10(8-14-2)7-12(11)16-3/h5-7,14H,4,8-9H2,1-3H3. The lowest BCUT2D eigenvalue weighted by Crippen LogP contribution is -2.15. The lowest BCUT2D eigenvalue weighted by atomic mass is 10.2. The molecule has 0 unspecified atom stereocenters. The summed E-state index contributed by atoms with van der Waals surface area (Å²) in [6.07, 6.45) is 0. The zero-order valence-corrected chi connectivity index (χ0v) is 11.0. The van der Waals surface area contributed by atoms with E-state index in [9.17, 15) is 4.79 Å². The normalized spacial score (nSPS) is 9.94. The molecule has 0 aliphatic heterocycles. The number of carbonyl (C=O) groups is 1. The Morgan fingerprint density at radius 2 is 2.11 bits per heavy atom. The Labute approximate surface area is 107 Å². The largest absolute Gasteiger partial charge is 0.493 e. The predicted molar refractivity (Wildman–Crippen MR) is 67.9 cm³/mol.